The number of imidazole rings is 1. The maximum atomic E-state index is 13.9. The normalized spacial score (nSPS) is 12.6. The molecule has 1 atom stereocenters. The number of halogens is 2. The summed E-state index contributed by atoms with van der Waals surface area (Å²) in [6.07, 6.45) is 3.95. The van der Waals surface area contributed by atoms with Gasteiger partial charge in [0.1, 0.15) is 11.6 Å². The average Bonchev–Trinajstić information content (AvgIpc) is 2.88. The van der Waals surface area contributed by atoms with E-state index in [9.17, 15) is 4.39 Å². The molecule has 2 rings (SSSR count). The molecular formula is C13H15ClFN3. The summed E-state index contributed by atoms with van der Waals surface area (Å²) in [7, 11) is 0. The summed E-state index contributed by atoms with van der Waals surface area (Å²) in [5.74, 6) is 0.449. The molecule has 1 aromatic carbocycles. The van der Waals surface area contributed by atoms with Crippen LogP contribution in [0.15, 0.2) is 30.6 Å². The molecular weight excluding hydrogens is 253 g/mol. The van der Waals surface area contributed by atoms with Gasteiger partial charge in [0.15, 0.2) is 0 Å². The summed E-state index contributed by atoms with van der Waals surface area (Å²) < 4.78 is 13.9. The van der Waals surface area contributed by atoms with Gasteiger partial charge in [-0.2, -0.15) is 0 Å². The molecule has 0 fully saturated rings. The van der Waals surface area contributed by atoms with E-state index in [0.29, 0.717) is 12.0 Å². The second kappa shape index (κ2) is 5.98. The van der Waals surface area contributed by atoms with Gasteiger partial charge in [0, 0.05) is 12.4 Å². The maximum Gasteiger partial charge on any atom is 0.145 e. The van der Waals surface area contributed by atoms with E-state index < -0.39 is 0 Å². The van der Waals surface area contributed by atoms with Crippen molar-refractivity contribution in [2.75, 3.05) is 6.54 Å². The summed E-state index contributed by atoms with van der Waals surface area (Å²) in [6.45, 7) is 2.79. The minimum atomic E-state index is -0.353. The average molecular weight is 268 g/mol. The van der Waals surface area contributed by atoms with Crippen molar-refractivity contribution in [1.29, 1.82) is 0 Å². The van der Waals surface area contributed by atoms with Crippen LogP contribution in [0.2, 0.25) is 5.02 Å². The topological polar surface area (TPSA) is 40.7 Å². The second-order valence-electron chi connectivity index (χ2n) is 4.00. The van der Waals surface area contributed by atoms with E-state index in [1.54, 1.807) is 30.6 Å². The number of hydrogen-bond donors (Lipinski definition) is 2. The third kappa shape index (κ3) is 2.89. The molecule has 0 aliphatic carbocycles. The number of aromatic amines is 1. The van der Waals surface area contributed by atoms with Crippen LogP contribution in [0.1, 0.15) is 24.4 Å². The van der Waals surface area contributed by atoms with Gasteiger partial charge < -0.3 is 10.3 Å². The van der Waals surface area contributed by atoms with Crippen molar-refractivity contribution in [3.8, 4) is 0 Å². The van der Waals surface area contributed by atoms with Crippen molar-refractivity contribution >= 4 is 11.6 Å². The molecule has 0 amide bonds. The lowest BCUT2D eigenvalue weighted by Crippen LogP contribution is -2.24. The van der Waals surface area contributed by atoms with Crippen LogP contribution >= 0.6 is 11.6 Å². The van der Waals surface area contributed by atoms with Gasteiger partial charge in [-0.15, -0.1) is 0 Å². The Hall–Kier alpha value is -1.39. The molecule has 0 saturated carbocycles. The highest BCUT2D eigenvalue weighted by molar-refractivity contribution is 6.30. The van der Waals surface area contributed by atoms with Gasteiger partial charge in [-0.25, -0.2) is 9.37 Å². The van der Waals surface area contributed by atoms with E-state index in [1.165, 1.54) is 0 Å². The monoisotopic (exact) mass is 267 g/mol. The summed E-state index contributed by atoms with van der Waals surface area (Å²) >= 11 is 5.78. The van der Waals surface area contributed by atoms with Crippen molar-refractivity contribution in [3.05, 3.63) is 52.8 Å². The quantitative estimate of drug-likeness (QED) is 0.874. The summed E-state index contributed by atoms with van der Waals surface area (Å²) in [4.78, 5) is 7.26. The summed E-state index contributed by atoms with van der Waals surface area (Å²) in [5, 5.41) is 3.43. The molecule has 0 spiro atoms. The Balaban J connectivity index is 2.21. The Morgan fingerprint density at radius 1 is 1.50 bits per heavy atom. The molecule has 1 unspecified atom stereocenters. The molecule has 5 heteroatoms. The van der Waals surface area contributed by atoms with Crippen molar-refractivity contribution in [2.24, 2.45) is 0 Å². The fraction of sp³-hybridized carbons (Fsp3) is 0.308. The molecule has 0 bridgehead atoms. The number of nitrogens with one attached hydrogen (secondary N) is 2. The van der Waals surface area contributed by atoms with Crippen molar-refractivity contribution in [2.45, 2.75) is 19.4 Å². The van der Waals surface area contributed by atoms with Crippen molar-refractivity contribution in [1.82, 2.24) is 15.3 Å². The Morgan fingerprint density at radius 3 is 3.00 bits per heavy atom. The summed E-state index contributed by atoms with van der Waals surface area (Å²) in [6, 6.07) is 5.01. The molecule has 1 heterocycles. The van der Waals surface area contributed by atoms with Crippen LogP contribution < -0.4 is 5.32 Å². The van der Waals surface area contributed by atoms with E-state index in [-0.39, 0.29) is 16.9 Å². The van der Waals surface area contributed by atoms with Crippen LogP contribution in [0.4, 0.5) is 4.39 Å². The first-order chi connectivity index (χ1) is 8.72. The Kier molecular flexibility index (Phi) is 4.33. The Bertz CT molecular complexity index is 499. The number of hydrogen-bond acceptors (Lipinski definition) is 2. The predicted octanol–water partition coefficient (Wildman–Crippen LogP) is 3.10. The van der Waals surface area contributed by atoms with Gasteiger partial charge in [-0.05, 0) is 24.6 Å². The first-order valence-corrected chi connectivity index (χ1v) is 6.25. The van der Waals surface area contributed by atoms with Crippen LogP contribution in [-0.4, -0.2) is 16.5 Å². The number of H-pyrrole nitrogens is 1. The smallest absolute Gasteiger partial charge is 0.145 e. The zero-order valence-electron chi connectivity index (χ0n) is 10.1. The fourth-order valence-electron chi connectivity index (χ4n) is 1.91. The Labute approximate surface area is 110 Å². The zero-order chi connectivity index (χ0) is 13.0. The van der Waals surface area contributed by atoms with E-state index in [4.69, 9.17) is 11.6 Å². The van der Waals surface area contributed by atoms with Crippen molar-refractivity contribution < 1.29 is 4.39 Å². The molecule has 2 N–H and O–H groups in total. The van der Waals surface area contributed by atoms with Gasteiger partial charge >= 0.3 is 0 Å². The predicted molar refractivity (Wildman–Crippen MR) is 70.1 cm³/mol. The van der Waals surface area contributed by atoms with Gasteiger partial charge in [-0.1, -0.05) is 30.7 Å². The SMILES string of the molecule is CCNC(Cc1cccc(Cl)c1F)c1ncc[nH]1. The first kappa shape index (κ1) is 13.1. The first-order valence-electron chi connectivity index (χ1n) is 5.88. The lowest BCUT2D eigenvalue weighted by molar-refractivity contribution is 0.509. The number of rotatable bonds is 5. The van der Waals surface area contributed by atoms with Gasteiger partial charge in [0.05, 0.1) is 11.1 Å². The van der Waals surface area contributed by atoms with E-state index in [0.717, 1.165) is 12.4 Å². The number of aromatic nitrogens is 2. The van der Waals surface area contributed by atoms with Gasteiger partial charge in [0.2, 0.25) is 0 Å². The molecule has 0 aliphatic rings. The van der Waals surface area contributed by atoms with E-state index >= 15 is 0 Å². The van der Waals surface area contributed by atoms with Crippen LogP contribution in [-0.2, 0) is 6.42 Å². The summed E-state index contributed by atoms with van der Waals surface area (Å²) in [5.41, 5.74) is 0.588. The molecule has 2 aromatic rings. The molecule has 0 aliphatic heterocycles. The number of nitrogens with zero attached hydrogens (tertiary/aromatic N) is 1. The maximum absolute atomic E-state index is 13.9. The highest BCUT2D eigenvalue weighted by Gasteiger charge is 2.16. The fourth-order valence-corrected chi connectivity index (χ4v) is 2.10. The number of likely N-dealkylation sites (N-methyl/N-ethyl adjacent to an activating group) is 1. The molecule has 3 nitrogen and oxygen atoms in total. The lowest BCUT2D eigenvalue weighted by atomic mass is 10.0. The molecule has 0 saturated heterocycles. The number of benzene rings is 1. The Morgan fingerprint density at radius 2 is 2.33 bits per heavy atom. The molecule has 1 aromatic heterocycles. The molecule has 96 valence electrons. The zero-order valence-corrected chi connectivity index (χ0v) is 10.8. The van der Waals surface area contributed by atoms with Crippen LogP contribution in [0.25, 0.3) is 0 Å². The molecule has 18 heavy (non-hydrogen) atoms. The van der Waals surface area contributed by atoms with Gasteiger partial charge in [-0.3, -0.25) is 0 Å². The lowest BCUT2D eigenvalue weighted by Gasteiger charge is -2.16. The van der Waals surface area contributed by atoms with Gasteiger partial charge in [0.25, 0.3) is 0 Å². The standard InChI is InChI=1S/C13H15ClFN3/c1-2-16-11(13-17-6-7-18-13)8-9-4-3-5-10(14)12(9)15/h3-7,11,16H,2,8H2,1H3,(H,17,18). The third-order valence-corrected chi connectivity index (χ3v) is 3.05. The third-order valence-electron chi connectivity index (χ3n) is 2.76. The minimum absolute atomic E-state index is 0.0435. The van der Waals surface area contributed by atoms with Crippen LogP contribution in [0, 0.1) is 5.82 Å². The largest absolute Gasteiger partial charge is 0.347 e. The van der Waals surface area contributed by atoms with Crippen LogP contribution in [0.3, 0.4) is 0 Å². The van der Waals surface area contributed by atoms with Crippen molar-refractivity contribution in [3.63, 3.8) is 0 Å². The van der Waals surface area contributed by atoms with E-state index in [1.807, 2.05) is 6.92 Å². The molecule has 0 radical (unpaired) electrons. The van der Waals surface area contributed by atoms with E-state index in [2.05, 4.69) is 15.3 Å². The highest BCUT2D eigenvalue weighted by Crippen LogP contribution is 2.22. The second-order valence-corrected chi connectivity index (χ2v) is 4.41. The minimum Gasteiger partial charge on any atom is -0.347 e. The van der Waals surface area contributed by atoms with Crippen LogP contribution in [0.5, 0.6) is 0 Å². The highest BCUT2D eigenvalue weighted by atomic mass is 35.5.